The number of carbonyl (C=O) groups excluding carboxylic acids is 1. The summed E-state index contributed by atoms with van der Waals surface area (Å²) in [5.74, 6) is 4.77. The highest BCUT2D eigenvalue weighted by Gasteiger charge is 2.16. The average molecular weight is 227 g/mol. The minimum atomic E-state index is -0.335. The van der Waals surface area contributed by atoms with Gasteiger partial charge in [-0.05, 0) is 17.5 Å². The molecule has 4 N–H and O–H groups in total. The van der Waals surface area contributed by atoms with Crippen LogP contribution >= 0.6 is 0 Å². The van der Waals surface area contributed by atoms with Crippen LogP contribution in [0.3, 0.4) is 0 Å². The molecule has 17 heavy (non-hydrogen) atoms. The van der Waals surface area contributed by atoms with E-state index in [9.17, 15) is 4.79 Å². The third-order valence-corrected chi connectivity index (χ3v) is 2.79. The molecule has 0 bridgehead atoms. The molecular formula is C12H11N4O+. The zero-order valence-corrected chi connectivity index (χ0v) is 8.97. The Bertz CT molecular complexity index is 717. The molecule has 2 aromatic heterocycles. The molecule has 1 aromatic carbocycles. The van der Waals surface area contributed by atoms with Gasteiger partial charge >= 0.3 is 5.91 Å². The van der Waals surface area contributed by atoms with Gasteiger partial charge in [0.2, 0.25) is 5.69 Å². The van der Waals surface area contributed by atoms with Crippen LogP contribution in [0.25, 0.3) is 16.4 Å². The lowest BCUT2D eigenvalue weighted by molar-refractivity contribution is -0.508. The van der Waals surface area contributed by atoms with E-state index in [0.717, 1.165) is 16.4 Å². The Kier molecular flexibility index (Phi) is 2.06. The van der Waals surface area contributed by atoms with E-state index >= 15 is 0 Å². The predicted molar refractivity (Wildman–Crippen MR) is 63.1 cm³/mol. The van der Waals surface area contributed by atoms with Gasteiger partial charge in [-0.2, -0.15) is 0 Å². The number of hydrazine groups is 1. The van der Waals surface area contributed by atoms with Gasteiger partial charge in [0.1, 0.15) is 6.20 Å². The van der Waals surface area contributed by atoms with E-state index in [4.69, 9.17) is 5.84 Å². The summed E-state index contributed by atoms with van der Waals surface area (Å²) in [4.78, 5) is 14.5. The molecule has 84 valence electrons. The van der Waals surface area contributed by atoms with Gasteiger partial charge in [-0.3, -0.25) is 10.2 Å². The van der Waals surface area contributed by atoms with E-state index in [0.29, 0.717) is 5.69 Å². The molecular weight excluding hydrogens is 216 g/mol. The zero-order chi connectivity index (χ0) is 11.8. The van der Waals surface area contributed by atoms with Gasteiger partial charge in [-0.15, -0.1) is 0 Å². The lowest BCUT2D eigenvalue weighted by atomic mass is 10.2. The number of nitrogens with one attached hydrogen (secondary N) is 2. The second-order valence-electron chi connectivity index (χ2n) is 3.80. The van der Waals surface area contributed by atoms with Crippen LogP contribution in [0.4, 0.5) is 0 Å². The van der Waals surface area contributed by atoms with Crippen molar-refractivity contribution in [3.8, 4) is 0 Å². The summed E-state index contributed by atoms with van der Waals surface area (Å²) >= 11 is 0. The minimum Gasteiger partial charge on any atom is -0.287 e. The van der Waals surface area contributed by atoms with Crippen LogP contribution in [-0.2, 0) is 0 Å². The van der Waals surface area contributed by atoms with Crippen molar-refractivity contribution in [2.24, 2.45) is 5.84 Å². The van der Waals surface area contributed by atoms with E-state index in [1.807, 2.05) is 40.9 Å². The van der Waals surface area contributed by atoms with Crippen molar-refractivity contribution in [1.29, 1.82) is 0 Å². The molecule has 0 unspecified atom stereocenters. The summed E-state index contributed by atoms with van der Waals surface area (Å²) in [6, 6.07) is 9.98. The van der Waals surface area contributed by atoms with Crippen molar-refractivity contribution in [3.63, 3.8) is 0 Å². The van der Waals surface area contributed by atoms with Crippen molar-refractivity contribution in [2.75, 3.05) is 0 Å². The zero-order valence-electron chi connectivity index (χ0n) is 8.97. The summed E-state index contributed by atoms with van der Waals surface area (Å²) in [6.45, 7) is 0. The smallest absolute Gasteiger partial charge is 0.287 e. The van der Waals surface area contributed by atoms with Crippen molar-refractivity contribution in [3.05, 3.63) is 48.4 Å². The van der Waals surface area contributed by atoms with Gasteiger partial charge < -0.3 is 0 Å². The topological polar surface area (TPSA) is 75.0 Å². The van der Waals surface area contributed by atoms with Crippen molar-refractivity contribution in [1.82, 2.24) is 10.4 Å². The number of amides is 1. The van der Waals surface area contributed by atoms with Crippen molar-refractivity contribution in [2.45, 2.75) is 0 Å². The number of pyridine rings is 1. The average Bonchev–Trinajstić information content (AvgIpc) is 2.82. The molecule has 1 amide bonds. The fraction of sp³-hybridized carbons (Fsp3) is 0. The fourth-order valence-electron chi connectivity index (χ4n) is 1.96. The molecule has 0 radical (unpaired) electrons. The molecule has 2 heterocycles. The third-order valence-electron chi connectivity index (χ3n) is 2.79. The summed E-state index contributed by atoms with van der Waals surface area (Å²) in [6.07, 6.45) is 3.62. The molecule has 5 nitrogen and oxygen atoms in total. The maximum Gasteiger partial charge on any atom is 0.308 e. The van der Waals surface area contributed by atoms with Crippen LogP contribution < -0.4 is 15.7 Å². The third kappa shape index (κ3) is 1.44. The Morgan fingerprint density at radius 3 is 2.94 bits per heavy atom. The van der Waals surface area contributed by atoms with E-state index < -0.39 is 0 Å². The number of fused-ring (bicyclic) bond motifs is 3. The number of nitrogens with zero attached hydrogens (tertiary/aromatic N) is 1. The highest BCUT2D eigenvalue weighted by Crippen LogP contribution is 2.15. The number of nitrogen functional groups attached to an aromatic ring is 1. The first-order chi connectivity index (χ1) is 8.29. The number of H-pyrrole nitrogens is 1. The number of carbonyl (C=O) groups is 1. The van der Waals surface area contributed by atoms with Crippen molar-refractivity contribution >= 4 is 22.3 Å². The van der Waals surface area contributed by atoms with E-state index in [2.05, 4.69) is 10.4 Å². The number of hydrogen-bond donors (Lipinski definition) is 3. The van der Waals surface area contributed by atoms with E-state index in [1.54, 1.807) is 6.20 Å². The second kappa shape index (κ2) is 3.57. The van der Waals surface area contributed by atoms with Crippen LogP contribution in [0.15, 0.2) is 42.7 Å². The normalized spacial score (nSPS) is 10.9. The summed E-state index contributed by atoms with van der Waals surface area (Å²) in [7, 11) is 0. The van der Waals surface area contributed by atoms with Gasteiger partial charge in [0, 0.05) is 0 Å². The molecule has 3 aromatic rings. The van der Waals surface area contributed by atoms with Crippen LogP contribution in [0.5, 0.6) is 0 Å². The molecule has 3 rings (SSSR count). The minimum absolute atomic E-state index is 0.335. The molecule has 0 spiro atoms. The molecule has 0 saturated carbocycles. The second-order valence-corrected chi connectivity index (χ2v) is 3.80. The summed E-state index contributed by atoms with van der Waals surface area (Å²) < 4.78 is 1.87. The Labute approximate surface area is 96.8 Å². The maximum absolute atomic E-state index is 11.4. The quantitative estimate of drug-likeness (QED) is 0.245. The summed E-state index contributed by atoms with van der Waals surface area (Å²) in [5, 5.41) is 2.18. The van der Waals surface area contributed by atoms with Gasteiger partial charge in [0.15, 0.2) is 0 Å². The standard InChI is InChI=1S/C12H10N4O/c13-15-12(17)10-7-16-6-5-8-3-1-2-4-9(8)11(16)14-10/h1-7H,13H2,(H,15,17)/p+1. The Balaban J connectivity index is 2.35. The number of aromatic amines is 1. The SMILES string of the molecule is NNC(=O)c1c[n+]2ccc3ccccc3c2[nH]1. The van der Waals surface area contributed by atoms with Gasteiger partial charge in [0.05, 0.1) is 11.6 Å². The van der Waals surface area contributed by atoms with Crippen LogP contribution in [0.1, 0.15) is 10.5 Å². The van der Waals surface area contributed by atoms with Crippen LogP contribution in [0, 0.1) is 0 Å². The molecule has 0 fully saturated rings. The number of hydrogen-bond acceptors (Lipinski definition) is 2. The first kappa shape index (κ1) is 9.80. The van der Waals surface area contributed by atoms with Crippen LogP contribution in [-0.4, -0.2) is 10.9 Å². The monoisotopic (exact) mass is 227 g/mol. The van der Waals surface area contributed by atoms with Crippen LogP contribution in [0.2, 0.25) is 0 Å². The molecule has 5 heteroatoms. The highest BCUT2D eigenvalue weighted by molar-refractivity contribution is 5.95. The number of rotatable bonds is 1. The fourth-order valence-corrected chi connectivity index (χ4v) is 1.96. The number of imidazole rings is 1. The first-order valence-corrected chi connectivity index (χ1v) is 5.22. The number of nitrogens with two attached hydrogens (primary N) is 1. The maximum atomic E-state index is 11.4. The molecule has 0 aliphatic rings. The van der Waals surface area contributed by atoms with Gasteiger partial charge in [0.25, 0.3) is 5.65 Å². The van der Waals surface area contributed by atoms with E-state index in [1.165, 1.54) is 0 Å². The summed E-state index contributed by atoms with van der Waals surface area (Å²) in [5.41, 5.74) is 3.42. The predicted octanol–water partition coefficient (Wildman–Crippen LogP) is 0.510. The molecule has 0 saturated heterocycles. The number of aromatic nitrogens is 2. The lowest BCUT2D eigenvalue weighted by Crippen LogP contribution is -2.30. The molecule has 0 aliphatic carbocycles. The largest absolute Gasteiger partial charge is 0.308 e. The van der Waals surface area contributed by atoms with Gasteiger partial charge in [-0.25, -0.2) is 15.2 Å². The van der Waals surface area contributed by atoms with Crippen molar-refractivity contribution < 1.29 is 9.20 Å². The Morgan fingerprint density at radius 2 is 2.12 bits per heavy atom. The lowest BCUT2D eigenvalue weighted by Gasteiger charge is -1.93. The molecule has 0 aliphatic heterocycles. The number of benzene rings is 1. The Hall–Kier alpha value is -2.40. The van der Waals surface area contributed by atoms with E-state index in [-0.39, 0.29) is 5.91 Å². The van der Waals surface area contributed by atoms with Gasteiger partial charge in [-0.1, -0.05) is 18.2 Å². The highest BCUT2D eigenvalue weighted by atomic mass is 16.2. The molecule has 0 atom stereocenters. The first-order valence-electron chi connectivity index (χ1n) is 5.22. The Morgan fingerprint density at radius 1 is 1.29 bits per heavy atom.